The SMILES string of the molecule is CN1C(=O)C[C@@H](NCc2cnn(-c3ccccc3)n2)[C@@H]1c1cccnc1. The molecule has 0 spiro atoms. The van der Waals surface area contributed by atoms with E-state index in [1.807, 2.05) is 55.7 Å². The molecule has 7 heteroatoms. The maximum absolute atomic E-state index is 12.2. The number of para-hydroxylation sites is 1. The molecule has 0 bridgehead atoms. The highest BCUT2D eigenvalue weighted by molar-refractivity contribution is 5.80. The van der Waals surface area contributed by atoms with Gasteiger partial charge >= 0.3 is 0 Å². The Morgan fingerprint density at radius 1 is 1.15 bits per heavy atom. The third kappa shape index (κ3) is 3.21. The summed E-state index contributed by atoms with van der Waals surface area (Å²) in [4.78, 5) is 19.8. The van der Waals surface area contributed by atoms with Crippen LogP contribution in [0.25, 0.3) is 5.69 Å². The minimum atomic E-state index is -0.0274. The van der Waals surface area contributed by atoms with E-state index in [1.165, 1.54) is 0 Å². The molecule has 0 radical (unpaired) electrons. The second-order valence-electron chi connectivity index (χ2n) is 6.39. The molecule has 132 valence electrons. The van der Waals surface area contributed by atoms with Gasteiger partial charge < -0.3 is 10.2 Å². The number of benzene rings is 1. The number of likely N-dealkylation sites (N-methyl/N-ethyl adjacent to an activating group) is 1. The Labute approximate surface area is 151 Å². The van der Waals surface area contributed by atoms with Gasteiger partial charge in [0, 0.05) is 38.4 Å². The van der Waals surface area contributed by atoms with Crippen molar-refractivity contribution < 1.29 is 4.79 Å². The van der Waals surface area contributed by atoms with Crippen LogP contribution in [0.3, 0.4) is 0 Å². The fraction of sp³-hybridized carbons (Fsp3) is 0.263. The van der Waals surface area contributed by atoms with Crippen molar-refractivity contribution in [3.05, 3.63) is 72.3 Å². The summed E-state index contributed by atoms with van der Waals surface area (Å²) in [5, 5.41) is 12.3. The molecular weight excluding hydrogens is 328 g/mol. The number of likely N-dealkylation sites (tertiary alicyclic amines) is 1. The van der Waals surface area contributed by atoms with E-state index in [0.717, 1.165) is 16.9 Å². The van der Waals surface area contributed by atoms with E-state index < -0.39 is 0 Å². The lowest BCUT2D eigenvalue weighted by Gasteiger charge is -2.25. The van der Waals surface area contributed by atoms with Gasteiger partial charge in [0.2, 0.25) is 5.91 Å². The third-order valence-electron chi connectivity index (χ3n) is 4.68. The number of hydrogen-bond acceptors (Lipinski definition) is 5. The van der Waals surface area contributed by atoms with Crippen molar-refractivity contribution in [2.75, 3.05) is 7.05 Å². The van der Waals surface area contributed by atoms with E-state index in [9.17, 15) is 4.79 Å². The standard InChI is InChI=1S/C19H20N6O/c1-24-18(26)10-17(19(24)14-6-5-9-20-11-14)21-12-15-13-22-25(23-15)16-7-3-2-4-8-16/h2-9,11,13,17,19,21H,10,12H2,1H3/t17-,19+/m1/s1. The van der Waals surface area contributed by atoms with E-state index in [-0.39, 0.29) is 18.0 Å². The van der Waals surface area contributed by atoms with Crippen LogP contribution >= 0.6 is 0 Å². The highest BCUT2D eigenvalue weighted by atomic mass is 16.2. The van der Waals surface area contributed by atoms with Crippen LogP contribution in [-0.2, 0) is 11.3 Å². The lowest BCUT2D eigenvalue weighted by molar-refractivity contribution is -0.127. The smallest absolute Gasteiger partial charge is 0.224 e. The van der Waals surface area contributed by atoms with Crippen molar-refractivity contribution in [3.63, 3.8) is 0 Å². The van der Waals surface area contributed by atoms with Crippen molar-refractivity contribution in [1.82, 2.24) is 30.2 Å². The van der Waals surface area contributed by atoms with Gasteiger partial charge in [-0.05, 0) is 23.8 Å². The van der Waals surface area contributed by atoms with Crippen LogP contribution in [0.5, 0.6) is 0 Å². The van der Waals surface area contributed by atoms with Crippen molar-refractivity contribution in [1.29, 1.82) is 0 Å². The Morgan fingerprint density at radius 2 is 2.00 bits per heavy atom. The summed E-state index contributed by atoms with van der Waals surface area (Å²) in [6.07, 6.45) is 5.77. The second kappa shape index (κ2) is 7.05. The van der Waals surface area contributed by atoms with Gasteiger partial charge in [0.15, 0.2) is 0 Å². The number of rotatable bonds is 5. The zero-order valence-electron chi connectivity index (χ0n) is 14.5. The molecule has 3 heterocycles. The molecule has 0 saturated carbocycles. The zero-order valence-corrected chi connectivity index (χ0v) is 14.5. The number of amides is 1. The summed E-state index contributed by atoms with van der Waals surface area (Å²) in [6, 6.07) is 13.7. The van der Waals surface area contributed by atoms with Crippen LogP contribution in [0.4, 0.5) is 0 Å². The van der Waals surface area contributed by atoms with Gasteiger partial charge in [-0.3, -0.25) is 9.78 Å². The van der Waals surface area contributed by atoms with Crippen molar-refractivity contribution >= 4 is 5.91 Å². The molecule has 1 saturated heterocycles. The minimum absolute atomic E-state index is 0.0126. The molecule has 1 aromatic carbocycles. The normalized spacial score (nSPS) is 19.9. The minimum Gasteiger partial charge on any atom is -0.337 e. The molecule has 7 nitrogen and oxygen atoms in total. The number of aromatic nitrogens is 4. The average Bonchev–Trinajstić information content (AvgIpc) is 3.26. The molecule has 1 fully saturated rings. The summed E-state index contributed by atoms with van der Waals surface area (Å²) in [6.45, 7) is 0.551. The van der Waals surface area contributed by atoms with Crippen molar-refractivity contribution in [2.24, 2.45) is 0 Å². The highest BCUT2D eigenvalue weighted by Crippen LogP contribution is 2.31. The first-order chi connectivity index (χ1) is 12.7. The quantitative estimate of drug-likeness (QED) is 0.760. The molecular formula is C19H20N6O. The lowest BCUT2D eigenvalue weighted by Crippen LogP contribution is -2.35. The molecule has 2 atom stereocenters. The molecule has 1 aliphatic heterocycles. The first-order valence-electron chi connectivity index (χ1n) is 8.58. The van der Waals surface area contributed by atoms with Gasteiger partial charge in [0.05, 0.1) is 23.6 Å². The first kappa shape index (κ1) is 16.4. The van der Waals surface area contributed by atoms with E-state index in [4.69, 9.17) is 0 Å². The topological polar surface area (TPSA) is 75.9 Å². The Bertz CT molecular complexity index is 879. The van der Waals surface area contributed by atoms with Crippen LogP contribution in [0.2, 0.25) is 0 Å². The van der Waals surface area contributed by atoms with Gasteiger partial charge in [-0.2, -0.15) is 15.0 Å². The van der Waals surface area contributed by atoms with Crippen LogP contribution in [-0.4, -0.2) is 43.9 Å². The van der Waals surface area contributed by atoms with Crippen LogP contribution in [0.1, 0.15) is 23.7 Å². The second-order valence-corrected chi connectivity index (χ2v) is 6.39. The van der Waals surface area contributed by atoms with Gasteiger partial charge in [0.25, 0.3) is 0 Å². The van der Waals surface area contributed by atoms with Crippen LogP contribution in [0, 0.1) is 0 Å². The van der Waals surface area contributed by atoms with E-state index >= 15 is 0 Å². The molecule has 26 heavy (non-hydrogen) atoms. The molecule has 1 aliphatic rings. The first-order valence-corrected chi connectivity index (χ1v) is 8.58. The Hall–Kier alpha value is -3.06. The molecule has 4 rings (SSSR count). The van der Waals surface area contributed by atoms with E-state index in [2.05, 4.69) is 20.5 Å². The number of nitrogens with one attached hydrogen (secondary N) is 1. The number of carbonyl (C=O) groups excluding carboxylic acids is 1. The Balaban J connectivity index is 1.47. The third-order valence-corrected chi connectivity index (χ3v) is 4.68. The lowest BCUT2D eigenvalue weighted by atomic mass is 10.0. The Morgan fingerprint density at radius 3 is 2.77 bits per heavy atom. The number of pyridine rings is 1. The molecule has 2 aromatic heterocycles. The number of nitrogens with zero attached hydrogens (tertiary/aromatic N) is 5. The summed E-state index contributed by atoms with van der Waals surface area (Å²) in [5.41, 5.74) is 2.79. The van der Waals surface area contributed by atoms with Gasteiger partial charge in [-0.25, -0.2) is 0 Å². The van der Waals surface area contributed by atoms with Gasteiger partial charge in [-0.15, -0.1) is 0 Å². The summed E-state index contributed by atoms with van der Waals surface area (Å²) >= 11 is 0. The fourth-order valence-electron chi connectivity index (χ4n) is 3.36. The van der Waals surface area contributed by atoms with E-state index in [0.29, 0.717) is 13.0 Å². The van der Waals surface area contributed by atoms with Crippen molar-refractivity contribution in [2.45, 2.75) is 25.0 Å². The van der Waals surface area contributed by atoms with Crippen LogP contribution < -0.4 is 5.32 Å². The van der Waals surface area contributed by atoms with Crippen LogP contribution in [0.15, 0.2) is 61.1 Å². The zero-order chi connectivity index (χ0) is 17.9. The average molecular weight is 348 g/mol. The van der Waals surface area contributed by atoms with E-state index in [1.54, 1.807) is 22.1 Å². The van der Waals surface area contributed by atoms with Gasteiger partial charge in [0.1, 0.15) is 0 Å². The molecule has 0 aliphatic carbocycles. The van der Waals surface area contributed by atoms with Gasteiger partial charge in [-0.1, -0.05) is 24.3 Å². The number of hydrogen-bond donors (Lipinski definition) is 1. The molecule has 0 unspecified atom stereocenters. The van der Waals surface area contributed by atoms with Crippen molar-refractivity contribution in [3.8, 4) is 5.69 Å². The maximum Gasteiger partial charge on any atom is 0.224 e. The summed E-state index contributed by atoms with van der Waals surface area (Å²) in [7, 11) is 1.84. The highest BCUT2D eigenvalue weighted by Gasteiger charge is 2.38. The largest absolute Gasteiger partial charge is 0.337 e. The fourth-order valence-corrected chi connectivity index (χ4v) is 3.36. The predicted molar refractivity (Wildman–Crippen MR) is 96.4 cm³/mol. The monoisotopic (exact) mass is 348 g/mol. The summed E-state index contributed by atoms with van der Waals surface area (Å²) in [5.74, 6) is 0.129. The molecule has 1 N–H and O–H groups in total. The molecule has 3 aromatic rings. The maximum atomic E-state index is 12.2. The summed E-state index contributed by atoms with van der Waals surface area (Å²) < 4.78 is 0. The predicted octanol–water partition coefficient (Wildman–Crippen LogP) is 1.72. The Kier molecular flexibility index (Phi) is 4.45. The number of carbonyl (C=O) groups is 1. The molecule has 1 amide bonds.